The van der Waals surface area contributed by atoms with Crippen LogP contribution in [0.25, 0.3) is 0 Å². The maximum atomic E-state index is 11.4. The Morgan fingerprint density at radius 3 is 2.94 bits per heavy atom. The summed E-state index contributed by atoms with van der Waals surface area (Å²) in [6, 6.07) is 3.73. The van der Waals surface area contributed by atoms with Crippen molar-refractivity contribution >= 4 is 28.0 Å². The molecule has 0 aliphatic carbocycles. The van der Waals surface area contributed by atoms with Gasteiger partial charge in [-0.25, -0.2) is 0 Å². The summed E-state index contributed by atoms with van der Waals surface area (Å²) in [5, 5.41) is 3.92. The molecular formula is C11H11N3OS. The molecule has 2 aromatic rings. The fourth-order valence-electron chi connectivity index (χ4n) is 1.44. The first-order chi connectivity index (χ1) is 7.68. The minimum atomic E-state index is 0.0256. The van der Waals surface area contributed by atoms with Crippen molar-refractivity contribution in [3.63, 3.8) is 0 Å². The van der Waals surface area contributed by atoms with Gasteiger partial charge in [0.15, 0.2) is 5.78 Å². The number of aromatic nitrogens is 2. The zero-order chi connectivity index (χ0) is 11.5. The lowest BCUT2D eigenvalue weighted by Crippen LogP contribution is -1.98. The van der Waals surface area contributed by atoms with E-state index in [9.17, 15) is 4.79 Å². The van der Waals surface area contributed by atoms with Gasteiger partial charge in [0.05, 0.1) is 23.1 Å². The maximum Gasteiger partial charge on any atom is 0.164 e. The summed E-state index contributed by atoms with van der Waals surface area (Å²) in [6.45, 7) is 3.38. The Labute approximate surface area is 97.5 Å². The van der Waals surface area contributed by atoms with Crippen molar-refractivity contribution in [2.45, 2.75) is 13.8 Å². The van der Waals surface area contributed by atoms with Crippen molar-refractivity contribution < 1.29 is 4.79 Å². The van der Waals surface area contributed by atoms with Crippen LogP contribution in [0.15, 0.2) is 24.5 Å². The normalized spacial score (nSPS) is 10.1. The molecule has 0 bridgehead atoms. The molecule has 0 amide bonds. The molecule has 2 heterocycles. The number of anilines is 2. The highest BCUT2D eigenvalue weighted by atomic mass is 32.1. The Kier molecular flexibility index (Phi) is 2.96. The van der Waals surface area contributed by atoms with Crippen molar-refractivity contribution in [1.29, 1.82) is 0 Å². The monoisotopic (exact) mass is 233 g/mol. The first kappa shape index (κ1) is 10.8. The molecule has 82 valence electrons. The van der Waals surface area contributed by atoms with Gasteiger partial charge >= 0.3 is 0 Å². The number of pyridine rings is 1. The molecule has 2 rings (SSSR count). The van der Waals surface area contributed by atoms with Crippen LogP contribution in [0.2, 0.25) is 0 Å². The van der Waals surface area contributed by atoms with Crippen molar-refractivity contribution in [2.75, 3.05) is 5.32 Å². The SMILES string of the molecule is CC(=O)c1c(C)nsc1Nc1cccnc1. The van der Waals surface area contributed by atoms with Gasteiger partial charge < -0.3 is 5.32 Å². The lowest BCUT2D eigenvalue weighted by atomic mass is 10.2. The van der Waals surface area contributed by atoms with Crippen LogP contribution >= 0.6 is 11.5 Å². The fraction of sp³-hybridized carbons (Fsp3) is 0.182. The lowest BCUT2D eigenvalue weighted by molar-refractivity contribution is 0.101. The molecule has 0 aliphatic heterocycles. The van der Waals surface area contributed by atoms with E-state index < -0.39 is 0 Å². The van der Waals surface area contributed by atoms with E-state index in [-0.39, 0.29) is 5.78 Å². The van der Waals surface area contributed by atoms with Crippen molar-refractivity contribution in [3.8, 4) is 0 Å². The molecule has 0 atom stereocenters. The van der Waals surface area contributed by atoms with Gasteiger partial charge in [-0.15, -0.1) is 0 Å². The van der Waals surface area contributed by atoms with E-state index in [1.165, 1.54) is 11.5 Å². The number of hydrogen-bond donors (Lipinski definition) is 1. The number of carbonyl (C=O) groups is 1. The summed E-state index contributed by atoms with van der Waals surface area (Å²) in [6.07, 6.45) is 3.41. The Bertz CT molecular complexity index is 507. The Balaban J connectivity index is 2.32. The van der Waals surface area contributed by atoms with Gasteiger partial charge in [0, 0.05) is 6.20 Å². The van der Waals surface area contributed by atoms with Gasteiger partial charge in [-0.1, -0.05) is 0 Å². The predicted octanol–water partition coefficient (Wildman–Crippen LogP) is 2.79. The number of aryl methyl sites for hydroxylation is 1. The van der Waals surface area contributed by atoms with Crippen molar-refractivity contribution in [3.05, 3.63) is 35.8 Å². The molecule has 0 spiro atoms. The molecule has 0 aliphatic rings. The summed E-state index contributed by atoms with van der Waals surface area (Å²) in [7, 11) is 0. The first-order valence-electron chi connectivity index (χ1n) is 4.82. The fourth-order valence-corrected chi connectivity index (χ4v) is 2.30. The Hall–Kier alpha value is -1.75. The van der Waals surface area contributed by atoms with Crippen molar-refractivity contribution in [1.82, 2.24) is 9.36 Å². The molecule has 0 fully saturated rings. The third-order valence-corrected chi connectivity index (χ3v) is 2.99. The molecule has 0 saturated carbocycles. The molecule has 0 aromatic carbocycles. The minimum absolute atomic E-state index is 0.0256. The maximum absolute atomic E-state index is 11.4. The third-order valence-electron chi connectivity index (χ3n) is 2.13. The number of Topliss-reactive ketones (excluding diaryl/α,β-unsaturated/α-hetero) is 1. The molecule has 5 heteroatoms. The molecule has 0 radical (unpaired) electrons. The van der Waals surface area contributed by atoms with E-state index >= 15 is 0 Å². The highest BCUT2D eigenvalue weighted by Gasteiger charge is 2.14. The standard InChI is InChI=1S/C11H11N3OS/c1-7-10(8(2)15)11(16-14-7)13-9-4-3-5-12-6-9/h3-6,13H,1-2H3. The van der Waals surface area contributed by atoms with Crippen LogP contribution in [0, 0.1) is 6.92 Å². The Morgan fingerprint density at radius 1 is 1.50 bits per heavy atom. The molecule has 4 nitrogen and oxygen atoms in total. The van der Waals surface area contributed by atoms with E-state index in [2.05, 4.69) is 14.7 Å². The average Bonchev–Trinajstić information content (AvgIpc) is 2.61. The van der Waals surface area contributed by atoms with E-state index in [0.717, 1.165) is 16.4 Å². The highest BCUT2D eigenvalue weighted by Crippen LogP contribution is 2.27. The van der Waals surface area contributed by atoms with Crippen molar-refractivity contribution in [2.24, 2.45) is 0 Å². The summed E-state index contributed by atoms with van der Waals surface area (Å²) in [5.74, 6) is 0.0256. The largest absolute Gasteiger partial charge is 0.344 e. The second kappa shape index (κ2) is 4.40. The van der Waals surface area contributed by atoms with E-state index in [1.54, 1.807) is 19.3 Å². The molecule has 16 heavy (non-hydrogen) atoms. The second-order valence-corrected chi connectivity index (χ2v) is 4.17. The Morgan fingerprint density at radius 2 is 2.31 bits per heavy atom. The van der Waals surface area contributed by atoms with E-state index in [4.69, 9.17) is 0 Å². The van der Waals surface area contributed by atoms with E-state index in [1.807, 2.05) is 19.1 Å². The quantitative estimate of drug-likeness (QED) is 0.828. The van der Waals surface area contributed by atoms with Gasteiger partial charge in [-0.3, -0.25) is 9.78 Å². The molecule has 1 N–H and O–H groups in total. The average molecular weight is 233 g/mol. The van der Waals surface area contributed by atoms with Crippen LogP contribution in [-0.4, -0.2) is 15.1 Å². The van der Waals surface area contributed by atoms with Crippen LogP contribution in [-0.2, 0) is 0 Å². The van der Waals surface area contributed by atoms with Gasteiger partial charge in [-0.05, 0) is 37.5 Å². The van der Waals surface area contributed by atoms with Gasteiger partial charge in [0.1, 0.15) is 5.00 Å². The third kappa shape index (κ3) is 2.09. The number of nitrogens with one attached hydrogen (secondary N) is 1. The number of hydrogen-bond acceptors (Lipinski definition) is 5. The number of rotatable bonds is 3. The summed E-state index contributed by atoms with van der Waals surface area (Å²) in [5.41, 5.74) is 2.28. The second-order valence-electron chi connectivity index (χ2n) is 3.39. The predicted molar refractivity (Wildman–Crippen MR) is 64.4 cm³/mol. The van der Waals surface area contributed by atoms with Crippen LogP contribution < -0.4 is 5.32 Å². The number of carbonyl (C=O) groups excluding carboxylic acids is 1. The number of nitrogens with zero attached hydrogens (tertiary/aromatic N) is 2. The molecule has 2 aromatic heterocycles. The minimum Gasteiger partial charge on any atom is -0.344 e. The van der Waals surface area contributed by atoms with Gasteiger partial charge in [0.2, 0.25) is 0 Å². The summed E-state index contributed by atoms with van der Waals surface area (Å²) in [4.78, 5) is 15.4. The summed E-state index contributed by atoms with van der Waals surface area (Å²) < 4.78 is 4.17. The zero-order valence-corrected chi connectivity index (χ0v) is 9.84. The molecule has 0 unspecified atom stereocenters. The number of ketones is 1. The topological polar surface area (TPSA) is 54.9 Å². The smallest absolute Gasteiger partial charge is 0.164 e. The summed E-state index contributed by atoms with van der Waals surface area (Å²) >= 11 is 1.29. The first-order valence-corrected chi connectivity index (χ1v) is 5.60. The van der Waals surface area contributed by atoms with Crippen LogP contribution in [0.4, 0.5) is 10.7 Å². The van der Waals surface area contributed by atoms with Gasteiger partial charge in [0.25, 0.3) is 0 Å². The molecular weight excluding hydrogens is 222 g/mol. The zero-order valence-electron chi connectivity index (χ0n) is 9.02. The van der Waals surface area contributed by atoms with E-state index in [0.29, 0.717) is 5.56 Å². The van der Waals surface area contributed by atoms with Crippen LogP contribution in [0.1, 0.15) is 23.0 Å². The van der Waals surface area contributed by atoms with Gasteiger partial charge in [-0.2, -0.15) is 4.37 Å². The lowest BCUT2D eigenvalue weighted by Gasteiger charge is -2.03. The van der Waals surface area contributed by atoms with Crippen LogP contribution in [0.3, 0.4) is 0 Å². The molecule has 0 saturated heterocycles. The van der Waals surface area contributed by atoms with Crippen LogP contribution in [0.5, 0.6) is 0 Å². The highest BCUT2D eigenvalue weighted by molar-refractivity contribution is 7.10.